The molecule has 2 unspecified atom stereocenters. The molecular weight excluding hydrogens is 340 g/mol. The van der Waals surface area contributed by atoms with Gasteiger partial charge in [-0.2, -0.15) is 4.98 Å². The number of nitrogens with zero attached hydrogens (tertiary/aromatic N) is 2. The van der Waals surface area contributed by atoms with Crippen LogP contribution in [0.3, 0.4) is 0 Å². The van der Waals surface area contributed by atoms with E-state index >= 15 is 0 Å². The van der Waals surface area contributed by atoms with E-state index in [-0.39, 0.29) is 11.0 Å². The molecule has 0 bridgehead atoms. The van der Waals surface area contributed by atoms with Gasteiger partial charge in [-0.25, -0.2) is 0 Å². The zero-order chi connectivity index (χ0) is 18.5. The molecule has 1 aromatic heterocycles. The van der Waals surface area contributed by atoms with Gasteiger partial charge < -0.3 is 14.0 Å². The first-order valence-electron chi connectivity index (χ1n) is 9.68. The van der Waals surface area contributed by atoms with E-state index in [9.17, 15) is 0 Å². The van der Waals surface area contributed by atoms with E-state index in [1.165, 1.54) is 5.39 Å². The summed E-state index contributed by atoms with van der Waals surface area (Å²) in [6.45, 7) is 5.67. The Morgan fingerprint density at radius 3 is 2.81 bits per heavy atom. The van der Waals surface area contributed by atoms with Crippen molar-refractivity contribution < 1.29 is 14.0 Å². The summed E-state index contributed by atoms with van der Waals surface area (Å²) in [5.41, 5.74) is -0.295. The van der Waals surface area contributed by atoms with E-state index in [0.29, 0.717) is 12.5 Å². The number of aromatic nitrogens is 2. The second kappa shape index (κ2) is 6.06. The molecule has 2 fully saturated rings. The maximum absolute atomic E-state index is 6.00. The first-order valence-corrected chi connectivity index (χ1v) is 9.68. The Hall–Kier alpha value is -2.40. The number of benzene rings is 2. The summed E-state index contributed by atoms with van der Waals surface area (Å²) in [7, 11) is 0. The second-order valence-electron chi connectivity index (χ2n) is 8.14. The van der Waals surface area contributed by atoms with Gasteiger partial charge in [-0.15, -0.1) is 0 Å². The van der Waals surface area contributed by atoms with Crippen molar-refractivity contribution in [3.63, 3.8) is 0 Å². The molecule has 0 radical (unpaired) electrons. The fraction of sp³-hybridized carbons (Fsp3) is 0.455. The van der Waals surface area contributed by atoms with Crippen LogP contribution in [0.5, 0.6) is 5.75 Å². The van der Waals surface area contributed by atoms with Crippen LogP contribution in [0, 0.1) is 5.92 Å². The third kappa shape index (κ3) is 2.64. The molecule has 2 aromatic carbocycles. The van der Waals surface area contributed by atoms with Crippen molar-refractivity contribution in [3.05, 3.63) is 54.2 Å². The van der Waals surface area contributed by atoms with Crippen molar-refractivity contribution in [1.82, 2.24) is 10.1 Å². The van der Waals surface area contributed by atoms with E-state index < -0.39 is 0 Å². The maximum Gasteiger partial charge on any atom is 0.236 e. The fourth-order valence-electron chi connectivity index (χ4n) is 4.50. The zero-order valence-electron chi connectivity index (χ0n) is 15.8. The van der Waals surface area contributed by atoms with Crippen molar-refractivity contribution in [1.29, 1.82) is 0 Å². The van der Waals surface area contributed by atoms with E-state index in [1.807, 2.05) is 24.3 Å². The van der Waals surface area contributed by atoms with Crippen molar-refractivity contribution in [2.45, 2.75) is 44.1 Å². The highest BCUT2D eigenvalue weighted by atomic mass is 16.5. The molecule has 2 atom stereocenters. The molecule has 3 aromatic rings. The van der Waals surface area contributed by atoms with E-state index in [4.69, 9.17) is 14.0 Å². The smallest absolute Gasteiger partial charge is 0.236 e. The minimum Gasteiger partial charge on any atom is -0.493 e. The van der Waals surface area contributed by atoms with Crippen LogP contribution in [0.2, 0.25) is 0 Å². The summed E-state index contributed by atoms with van der Waals surface area (Å²) in [5, 5.41) is 6.53. The molecule has 2 heterocycles. The maximum atomic E-state index is 6.00. The number of ether oxygens (including phenoxy) is 2. The third-order valence-electron chi connectivity index (χ3n) is 6.23. The predicted octanol–water partition coefficient (Wildman–Crippen LogP) is 4.30. The van der Waals surface area contributed by atoms with Gasteiger partial charge >= 0.3 is 0 Å². The second-order valence-corrected chi connectivity index (χ2v) is 8.14. The van der Waals surface area contributed by atoms with E-state index in [1.54, 1.807) is 0 Å². The Balaban J connectivity index is 1.20. The molecule has 5 rings (SSSR count). The van der Waals surface area contributed by atoms with Gasteiger partial charge in [-0.05, 0) is 38.1 Å². The lowest BCUT2D eigenvalue weighted by Crippen LogP contribution is -2.35. The van der Waals surface area contributed by atoms with Crippen LogP contribution >= 0.6 is 0 Å². The predicted molar refractivity (Wildman–Crippen MR) is 102 cm³/mol. The summed E-state index contributed by atoms with van der Waals surface area (Å²) in [6.07, 6.45) is 2.68. The van der Waals surface area contributed by atoms with Crippen molar-refractivity contribution >= 4 is 10.8 Å². The molecule has 2 aliphatic rings. The zero-order valence-corrected chi connectivity index (χ0v) is 15.8. The van der Waals surface area contributed by atoms with Crippen LogP contribution in [-0.2, 0) is 16.6 Å². The molecular formula is C22H24N2O3. The minimum absolute atomic E-state index is 0.0717. The Morgan fingerprint density at radius 2 is 2.00 bits per heavy atom. The molecule has 5 heteroatoms. The van der Waals surface area contributed by atoms with Crippen molar-refractivity contribution in [2.75, 3.05) is 13.2 Å². The van der Waals surface area contributed by atoms with Crippen molar-refractivity contribution in [2.24, 2.45) is 5.92 Å². The SMILES string of the molecule is CC1(C)OCC2CC21c1nc(CCCOc2cccc3ccccc23)no1. The van der Waals surface area contributed by atoms with E-state index in [0.717, 1.165) is 48.7 Å². The van der Waals surface area contributed by atoms with Crippen LogP contribution in [-0.4, -0.2) is 29.0 Å². The molecule has 1 saturated heterocycles. The Bertz CT molecular complexity index is 975. The van der Waals surface area contributed by atoms with Gasteiger partial charge in [0.2, 0.25) is 5.89 Å². The number of aryl methyl sites for hydroxylation is 1. The lowest BCUT2D eigenvalue weighted by Gasteiger charge is -2.27. The summed E-state index contributed by atoms with van der Waals surface area (Å²) < 4.78 is 17.5. The number of hydrogen-bond donors (Lipinski definition) is 0. The molecule has 0 N–H and O–H groups in total. The highest BCUT2D eigenvalue weighted by Gasteiger charge is 2.72. The highest BCUT2D eigenvalue weighted by Crippen LogP contribution is 2.65. The quantitative estimate of drug-likeness (QED) is 0.610. The fourth-order valence-corrected chi connectivity index (χ4v) is 4.50. The van der Waals surface area contributed by atoms with Crippen molar-refractivity contribution in [3.8, 4) is 5.75 Å². The molecule has 1 aliphatic heterocycles. The first kappa shape index (κ1) is 16.8. The van der Waals surface area contributed by atoms with Crippen LogP contribution in [0.4, 0.5) is 0 Å². The van der Waals surface area contributed by atoms with Crippen LogP contribution in [0.25, 0.3) is 10.8 Å². The topological polar surface area (TPSA) is 57.4 Å². The normalized spacial score (nSPS) is 25.5. The Labute approximate surface area is 158 Å². The Morgan fingerprint density at radius 1 is 1.15 bits per heavy atom. The van der Waals surface area contributed by atoms with E-state index in [2.05, 4.69) is 42.2 Å². The van der Waals surface area contributed by atoms with Gasteiger partial charge in [0.05, 0.1) is 24.2 Å². The van der Waals surface area contributed by atoms with Crippen LogP contribution in [0.15, 0.2) is 47.0 Å². The monoisotopic (exact) mass is 364 g/mol. The molecule has 140 valence electrons. The molecule has 0 amide bonds. The lowest BCUT2D eigenvalue weighted by atomic mass is 9.87. The highest BCUT2D eigenvalue weighted by molar-refractivity contribution is 5.88. The first-order chi connectivity index (χ1) is 13.1. The van der Waals surface area contributed by atoms with Gasteiger partial charge in [-0.3, -0.25) is 0 Å². The Kier molecular flexibility index (Phi) is 3.76. The summed E-state index contributed by atoms with van der Waals surface area (Å²) in [5.74, 6) is 2.95. The standard InChI is InChI=1S/C22H24N2O3/c1-21(2)22(13-16(22)14-26-21)20-23-19(24-27-20)11-6-12-25-18-10-5-8-15-7-3-4-9-17(15)18/h3-5,7-10,16H,6,11-14H2,1-2H3. The molecule has 27 heavy (non-hydrogen) atoms. The molecule has 0 spiro atoms. The largest absolute Gasteiger partial charge is 0.493 e. The van der Waals surface area contributed by atoms with Gasteiger partial charge in [0, 0.05) is 17.7 Å². The number of fused-ring (bicyclic) bond motifs is 2. The van der Waals surface area contributed by atoms with Crippen LogP contribution in [0.1, 0.15) is 38.4 Å². The van der Waals surface area contributed by atoms with Gasteiger partial charge in [0.25, 0.3) is 0 Å². The average Bonchev–Trinajstić information content (AvgIpc) is 3.14. The van der Waals surface area contributed by atoms with Crippen LogP contribution < -0.4 is 4.74 Å². The number of hydrogen-bond acceptors (Lipinski definition) is 5. The summed E-state index contributed by atoms with van der Waals surface area (Å²) in [4.78, 5) is 4.68. The third-order valence-corrected chi connectivity index (χ3v) is 6.23. The molecule has 1 saturated carbocycles. The average molecular weight is 364 g/mol. The van der Waals surface area contributed by atoms with Gasteiger partial charge in [0.15, 0.2) is 5.82 Å². The summed E-state index contributed by atoms with van der Waals surface area (Å²) in [6, 6.07) is 14.4. The minimum atomic E-state index is -0.223. The lowest BCUT2D eigenvalue weighted by molar-refractivity contribution is -0.00958. The number of rotatable bonds is 6. The molecule has 5 nitrogen and oxygen atoms in total. The summed E-state index contributed by atoms with van der Waals surface area (Å²) >= 11 is 0. The van der Waals surface area contributed by atoms with Gasteiger partial charge in [-0.1, -0.05) is 41.6 Å². The van der Waals surface area contributed by atoms with Gasteiger partial charge in [0.1, 0.15) is 5.75 Å². The molecule has 1 aliphatic carbocycles.